The second kappa shape index (κ2) is 11.1. The SMILES string of the molecule is Cc1cccc(C)c1NC(=O)[C@@H](c1ccc(Cl)cc1)N(C)C(=O)c1cc(-c2ccccc2)nc2ccccc12. The number of pyridine rings is 1. The highest BCUT2D eigenvalue weighted by Gasteiger charge is 2.31. The van der Waals surface area contributed by atoms with Gasteiger partial charge in [-0.3, -0.25) is 9.59 Å². The Labute approximate surface area is 233 Å². The lowest BCUT2D eigenvalue weighted by atomic mass is 10.00. The Kier molecular flexibility index (Phi) is 7.44. The number of carbonyl (C=O) groups excluding carboxylic acids is 2. The molecule has 1 atom stereocenters. The van der Waals surface area contributed by atoms with Crippen LogP contribution in [-0.4, -0.2) is 28.7 Å². The van der Waals surface area contributed by atoms with E-state index in [0.717, 1.165) is 27.8 Å². The molecule has 0 aliphatic rings. The third-order valence-electron chi connectivity index (χ3n) is 6.89. The third-order valence-corrected chi connectivity index (χ3v) is 7.14. The van der Waals surface area contributed by atoms with Crippen LogP contribution >= 0.6 is 11.6 Å². The summed E-state index contributed by atoms with van der Waals surface area (Å²) in [5.74, 6) is -0.602. The summed E-state index contributed by atoms with van der Waals surface area (Å²) in [5.41, 5.74) is 6.05. The summed E-state index contributed by atoms with van der Waals surface area (Å²) in [4.78, 5) is 34.4. The Hall–Kier alpha value is -4.48. The summed E-state index contributed by atoms with van der Waals surface area (Å²) in [6, 6.07) is 31.1. The number of hydrogen-bond donors (Lipinski definition) is 1. The quantitative estimate of drug-likeness (QED) is 0.244. The molecule has 5 nitrogen and oxygen atoms in total. The van der Waals surface area contributed by atoms with E-state index in [1.54, 1.807) is 37.4 Å². The Morgan fingerprint density at radius 2 is 1.46 bits per heavy atom. The van der Waals surface area contributed by atoms with Gasteiger partial charge in [-0.15, -0.1) is 0 Å². The molecule has 0 saturated carbocycles. The summed E-state index contributed by atoms with van der Waals surface area (Å²) in [6.45, 7) is 3.89. The lowest BCUT2D eigenvalue weighted by molar-refractivity contribution is -0.120. The molecule has 0 spiro atoms. The van der Waals surface area contributed by atoms with E-state index in [-0.39, 0.29) is 11.8 Å². The van der Waals surface area contributed by atoms with Crippen LogP contribution in [0.25, 0.3) is 22.2 Å². The Balaban J connectivity index is 1.59. The number of amides is 2. The molecule has 0 fully saturated rings. The van der Waals surface area contributed by atoms with Crippen molar-refractivity contribution in [1.29, 1.82) is 0 Å². The minimum atomic E-state index is -0.902. The molecule has 4 aromatic carbocycles. The van der Waals surface area contributed by atoms with Crippen molar-refractivity contribution in [3.8, 4) is 11.3 Å². The summed E-state index contributed by atoms with van der Waals surface area (Å²) in [6.07, 6.45) is 0. The predicted molar refractivity (Wildman–Crippen MR) is 158 cm³/mol. The lowest BCUT2D eigenvalue weighted by Crippen LogP contribution is -2.39. The van der Waals surface area contributed by atoms with Crippen molar-refractivity contribution in [3.63, 3.8) is 0 Å². The molecular weight excluding hydrogens is 506 g/mol. The largest absolute Gasteiger partial charge is 0.326 e. The molecular formula is C33H28ClN3O2. The van der Waals surface area contributed by atoms with Gasteiger partial charge in [-0.2, -0.15) is 0 Å². The maximum atomic E-state index is 14.2. The maximum Gasteiger partial charge on any atom is 0.255 e. The van der Waals surface area contributed by atoms with Gasteiger partial charge in [0.1, 0.15) is 6.04 Å². The van der Waals surface area contributed by atoms with Crippen molar-refractivity contribution < 1.29 is 9.59 Å². The van der Waals surface area contributed by atoms with Crippen LogP contribution < -0.4 is 5.32 Å². The van der Waals surface area contributed by atoms with Gasteiger partial charge in [-0.05, 0) is 54.8 Å². The zero-order valence-corrected chi connectivity index (χ0v) is 22.7. The highest BCUT2D eigenvalue weighted by Crippen LogP contribution is 2.30. The molecule has 1 heterocycles. The van der Waals surface area contributed by atoms with Crippen LogP contribution in [0, 0.1) is 13.8 Å². The molecule has 0 bridgehead atoms. The van der Waals surface area contributed by atoms with Crippen LogP contribution in [-0.2, 0) is 4.79 Å². The number of likely N-dealkylation sites (N-methyl/N-ethyl adjacent to an activating group) is 1. The van der Waals surface area contributed by atoms with Crippen LogP contribution in [0.3, 0.4) is 0 Å². The van der Waals surface area contributed by atoms with Crippen molar-refractivity contribution in [2.24, 2.45) is 0 Å². The smallest absolute Gasteiger partial charge is 0.255 e. The Morgan fingerprint density at radius 1 is 0.821 bits per heavy atom. The fourth-order valence-electron chi connectivity index (χ4n) is 4.82. The molecule has 0 aliphatic carbocycles. The van der Waals surface area contributed by atoms with Gasteiger partial charge in [0, 0.05) is 28.7 Å². The van der Waals surface area contributed by atoms with E-state index in [9.17, 15) is 9.59 Å². The molecule has 0 aliphatic heterocycles. The third kappa shape index (κ3) is 5.40. The minimum Gasteiger partial charge on any atom is -0.326 e. The molecule has 194 valence electrons. The van der Waals surface area contributed by atoms with Crippen molar-refractivity contribution in [3.05, 3.63) is 130 Å². The molecule has 0 unspecified atom stereocenters. The number of halogens is 1. The number of nitrogens with one attached hydrogen (secondary N) is 1. The van der Waals surface area contributed by atoms with Gasteiger partial charge in [0.2, 0.25) is 0 Å². The first-order chi connectivity index (χ1) is 18.8. The molecule has 1 N–H and O–H groups in total. The average molecular weight is 534 g/mol. The second-order valence-electron chi connectivity index (χ2n) is 9.56. The van der Waals surface area contributed by atoms with Gasteiger partial charge in [0.15, 0.2) is 0 Å². The van der Waals surface area contributed by atoms with E-state index in [2.05, 4.69) is 5.32 Å². The number of anilines is 1. The van der Waals surface area contributed by atoms with E-state index >= 15 is 0 Å². The number of benzene rings is 4. The number of fused-ring (bicyclic) bond motifs is 1. The Morgan fingerprint density at radius 3 is 2.15 bits per heavy atom. The van der Waals surface area contributed by atoms with E-state index < -0.39 is 6.04 Å². The average Bonchev–Trinajstić information content (AvgIpc) is 2.95. The van der Waals surface area contributed by atoms with Gasteiger partial charge in [0.05, 0.1) is 16.8 Å². The van der Waals surface area contributed by atoms with E-state index in [4.69, 9.17) is 16.6 Å². The number of aromatic nitrogens is 1. The Bertz CT molecular complexity index is 1650. The van der Waals surface area contributed by atoms with Crippen LogP contribution in [0.2, 0.25) is 5.02 Å². The molecule has 1 aromatic heterocycles. The fraction of sp³-hybridized carbons (Fsp3) is 0.121. The van der Waals surface area contributed by atoms with E-state index in [0.29, 0.717) is 27.4 Å². The van der Waals surface area contributed by atoms with E-state index in [1.165, 1.54) is 4.90 Å². The summed E-state index contributed by atoms with van der Waals surface area (Å²) in [7, 11) is 1.66. The summed E-state index contributed by atoms with van der Waals surface area (Å²) >= 11 is 6.16. The fourth-order valence-corrected chi connectivity index (χ4v) is 4.94. The topological polar surface area (TPSA) is 62.3 Å². The van der Waals surface area contributed by atoms with Crippen molar-refractivity contribution in [1.82, 2.24) is 9.88 Å². The van der Waals surface area contributed by atoms with Gasteiger partial charge in [0.25, 0.3) is 11.8 Å². The van der Waals surface area contributed by atoms with Crippen LogP contribution in [0.5, 0.6) is 0 Å². The zero-order valence-electron chi connectivity index (χ0n) is 22.0. The molecule has 6 heteroatoms. The lowest BCUT2D eigenvalue weighted by Gasteiger charge is -2.29. The first-order valence-corrected chi connectivity index (χ1v) is 13.1. The van der Waals surface area contributed by atoms with Crippen molar-refractivity contribution in [2.45, 2.75) is 19.9 Å². The maximum absolute atomic E-state index is 14.2. The molecule has 0 saturated heterocycles. The molecule has 39 heavy (non-hydrogen) atoms. The highest BCUT2D eigenvalue weighted by atomic mass is 35.5. The van der Waals surface area contributed by atoms with Gasteiger partial charge in [-0.25, -0.2) is 4.98 Å². The number of hydrogen-bond acceptors (Lipinski definition) is 3. The van der Waals surface area contributed by atoms with E-state index in [1.807, 2.05) is 86.6 Å². The zero-order chi connectivity index (χ0) is 27.5. The van der Waals surface area contributed by atoms with Gasteiger partial charge in [-0.1, -0.05) is 90.5 Å². The first kappa shape index (κ1) is 26.1. The van der Waals surface area contributed by atoms with Gasteiger partial charge >= 0.3 is 0 Å². The van der Waals surface area contributed by atoms with Crippen molar-refractivity contribution in [2.75, 3.05) is 12.4 Å². The number of nitrogens with zero attached hydrogens (tertiary/aromatic N) is 2. The number of carbonyl (C=O) groups is 2. The number of rotatable bonds is 6. The van der Waals surface area contributed by atoms with Crippen LogP contribution in [0.1, 0.15) is 33.1 Å². The summed E-state index contributed by atoms with van der Waals surface area (Å²) in [5, 5.41) is 4.35. The molecule has 5 rings (SSSR count). The van der Waals surface area contributed by atoms with Gasteiger partial charge < -0.3 is 10.2 Å². The number of para-hydroxylation sites is 2. The molecule has 5 aromatic rings. The monoisotopic (exact) mass is 533 g/mol. The second-order valence-corrected chi connectivity index (χ2v) is 10.0. The van der Waals surface area contributed by atoms with Crippen LogP contribution in [0.4, 0.5) is 5.69 Å². The van der Waals surface area contributed by atoms with Crippen LogP contribution in [0.15, 0.2) is 103 Å². The first-order valence-electron chi connectivity index (χ1n) is 12.7. The highest BCUT2D eigenvalue weighted by molar-refractivity contribution is 6.30. The molecule has 0 radical (unpaired) electrons. The van der Waals surface area contributed by atoms with Crippen molar-refractivity contribution >= 4 is 40.0 Å². The summed E-state index contributed by atoms with van der Waals surface area (Å²) < 4.78 is 0. The normalized spacial score (nSPS) is 11.7. The standard InChI is InChI=1S/C33H28ClN3O2/c1-21-10-9-11-22(2)30(21)36-32(38)31(24-16-18-25(34)19-17-24)37(3)33(39)27-20-29(23-12-5-4-6-13-23)35-28-15-8-7-14-26(27)28/h4-20,31H,1-3H3,(H,36,38)/t31-/m1/s1. The molecule has 2 amide bonds. The predicted octanol–water partition coefficient (Wildman–Crippen LogP) is 7.62. The number of aryl methyl sites for hydroxylation is 2. The minimum absolute atomic E-state index is 0.289.